The number of aromatic nitrogens is 3. The van der Waals surface area contributed by atoms with Crippen LogP contribution < -0.4 is 5.32 Å². The van der Waals surface area contributed by atoms with Gasteiger partial charge in [-0.05, 0) is 19.1 Å². The highest BCUT2D eigenvalue weighted by atomic mass is 32.1. The number of nitrogens with one attached hydrogen (secondary N) is 1. The van der Waals surface area contributed by atoms with Gasteiger partial charge in [-0.15, -0.1) is 11.3 Å². The zero-order valence-electron chi connectivity index (χ0n) is 11.3. The predicted octanol–water partition coefficient (Wildman–Crippen LogP) is 3.63. The summed E-state index contributed by atoms with van der Waals surface area (Å²) in [4.78, 5) is 8.86. The second-order valence-electron chi connectivity index (χ2n) is 4.57. The van der Waals surface area contributed by atoms with Gasteiger partial charge in [-0.1, -0.05) is 18.2 Å². The van der Waals surface area contributed by atoms with Crippen LogP contribution in [0.15, 0.2) is 48.1 Å². The van der Waals surface area contributed by atoms with Crippen LogP contribution >= 0.6 is 11.3 Å². The Bertz CT molecular complexity index is 659. The molecule has 0 spiro atoms. The smallest absolute Gasteiger partial charge is 0.207 e. The van der Waals surface area contributed by atoms with Crippen LogP contribution in [-0.4, -0.2) is 14.5 Å². The molecule has 0 fully saturated rings. The molecule has 0 radical (unpaired) electrons. The van der Waals surface area contributed by atoms with Crippen LogP contribution in [0.3, 0.4) is 0 Å². The Balaban J connectivity index is 1.74. The van der Waals surface area contributed by atoms with Gasteiger partial charge < -0.3 is 9.88 Å². The summed E-state index contributed by atoms with van der Waals surface area (Å²) in [7, 11) is 0. The third-order valence-corrected chi connectivity index (χ3v) is 3.82. The van der Waals surface area contributed by atoms with Gasteiger partial charge in [0, 0.05) is 36.4 Å². The summed E-state index contributed by atoms with van der Waals surface area (Å²) < 4.78 is 2.14. The largest absolute Gasteiger partial charge is 0.326 e. The first-order valence-corrected chi connectivity index (χ1v) is 7.43. The first kappa shape index (κ1) is 12.9. The molecule has 3 aromatic rings. The Labute approximate surface area is 122 Å². The number of nitrogens with zero attached hydrogens (tertiary/aromatic N) is 3. The van der Waals surface area contributed by atoms with Crippen molar-refractivity contribution in [2.75, 3.05) is 5.32 Å². The molecule has 2 aromatic heterocycles. The molecule has 3 rings (SSSR count). The quantitative estimate of drug-likeness (QED) is 0.778. The first-order valence-electron chi connectivity index (χ1n) is 6.55. The van der Waals surface area contributed by atoms with E-state index in [0.29, 0.717) is 0 Å². The number of aryl methyl sites for hydroxylation is 3. The number of rotatable bonds is 5. The van der Waals surface area contributed by atoms with E-state index in [0.717, 1.165) is 35.3 Å². The van der Waals surface area contributed by atoms with E-state index in [1.807, 2.05) is 48.8 Å². The Morgan fingerprint density at radius 3 is 2.85 bits per heavy atom. The molecular weight excluding hydrogens is 268 g/mol. The molecule has 0 aliphatic carbocycles. The van der Waals surface area contributed by atoms with Crippen molar-refractivity contribution in [1.82, 2.24) is 14.5 Å². The molecule has 0 saturated heterocycles. The summed E-state index contributed by atoms with van der Waals surface area (Å²) in [6.07, 6.45) is 4.85. The molecule has 5 heteroatoms. The lowest BCUT2D eigenvalue weighted by atomic mass is 10.3. The van der Waals surface area contributed by atoms with Gasteiger partial charge in [0.15, 0.2) is 0 Å². The van der Waals surface area contributed by atoms with E-state index in [4.69, 9.17) is 0 Å². The van der Waals surface area contributed by atoms with Gasteiger partial charge in [0.1, 0.15) is 0 Å². The molecule has 0 unspecified atom stereocenters. The average molecular weight is 284 g/mol. The van der Waals surface area contributed by atoms with Crippen LogP contribution in [0.5, 0.6) is 0 Å². The topological polar surface area (TPSA) is 42.7 Å². The van der Waals surface area contributed by atoms with Crippen molar-refractivity contribution in [1.29, 1.82) is 0 Å². The molecule has 0 amide bonds. The minimum Gasteiger partial charge on any atom is -0.326 e. The minimum absolute atomic E-state index is 0.878. The molecule has 2 heterocycles. The predicted molar refractivity (Wildman–Crippen MR) is 82.5 cm³/mol. The van der Waals surface area contributed by atoms with Gasteiger partial charge in [-0.3, -0.25) is 0 Å². The van der Waals surface area contributed by atoms with E-state index >= 15 is 0 Å². The van der Waals surface area contributed by atoms with E-state index in [-0.39, 0.29) is 0 Å². The highest BCUT2D eigenvalue weighted by Gasteiger charge is 2.06. The molecule has 0 bridgehead atoms. The van der Waals surface area contributed by atoms with Crippen molar-refractivity contribution in [3.8, 4) is 0 Å². The number of benzene rings is 1. The van der Waals surface area contributed by atoms with Crippen molar-refractivity contribution in [2.24, 2.45) is 0 Å². The van der Waals surface area contributed by atoms with Crippen molar-refractivity contribution in [2.45, 2.75) is 19.9 Å². The van der Waals surface area contributed by atoms with Crippen LogP contribution in [0.1, 0.15) is 10.7 Å². The number of thiazole rings is 1. The summed E-state index contributed by atoms with van der Waals surface area (Å²) in [6, 6.07) is 10.1. The SMILES string of the molecule is Cc1cn(CCc2nccs2)c(Nc2ccccc2)n1. The van der Waals surface area contributed by atoms with Gasteiger partial charge in [0.25, 0.3) is 0 Å². The fourth-order valence-corrected chi connectivity index (χ4v) is 2.67. The lowest BCUT2D eigenvalue weighted by Gasteiger charge is -2.08. The lowest BCUT2D eigenvalue weighted by Crippen LogP contribution is -2.05. The Morgan fingerprint density at radius 2 is 2.10 bits per heavy atom. The molecule has 1 N–H and O–H groups in total. The van der Waals surface area contributed by atoms with E-state index in [9.17, 15) is 0 Å². The van der Waals surface area contributed by atoms with Gasteiger partial charge in [0.2, 0.25) is 5.95 Å². The second kappa shape index (κ2) is 5.88. The molecule has 0 saturated carbocycles. The van der Waals surface area contributed by atoms with Crippen molar-refractivity contribution in [3.63, 3.8) is 0 Å². The summed E-state index contributed by atoms with van der Waals surface area (Å²) in [5.41, 5.74) is 2.07. The summed E-state index contributed by atoms with van der Waals surface area (Å²) in [5, 5.41) is 6.52. The van der Waals surface area contributed by atoms with E-state index < -0.39 is 0 Å². The third kappa shape index (κ3) is 3.05. The van der Waals surface area contributed by atoms with E-state index in [1.165, 1.54) is 0 Å². The second-order valence-corrected chi connectivity index (χ2v) is 5.55. The Hall–Kier alpha value is -2.14. The van der Waals surface area contributed by atoms with Crippen LogP contribution in [0.25, 0.3) is 0 Å². The number of para-hydroxylation sites is 1. The molecule has 102 valence electrons. The van der Waals surface area contributed by atoms with Gasteiger partial charge in [-0.2, -0.15) is 0 Å². The molecule has 0 aliphatic heterocycles. The maximum Gasteiger partial charge on any atom is 0.207 e. The molecule has 4 nitrogen and oxygen atoms in total. The van der Waals surface area contributed by atoms with Crippen LogP contribution in [0.2, 0.25) is 0 Å². The van der Waals surface area contributed by atoms with E-state index in [2.05, 4.69) is 26.0 Å². The highest BCUT2D eigenvalue weighted by molar-refractivity contribution is 7.09. The molecular formula is C15H16N4S. The van der Waals surface area contributed by atoms with Gasteiger partial charge >= 0.3 is 0 Å². The standard InChI is InChI=1S/C15H16N4S/c1-12-11-19(9-7-14-16-8-10-20-14)15(17-12)18-13-5-3-2-4-6-13/h2-6,8,10-11H,7,9H2,1H3,(H,17,18). The van der Waals surface area contributed by atoms with E-state index in [1.54, 1.807) is 11.3 Å². The minimum atomic E-state index is 0.878. The fraction of sp³-hybridized carbons (Fsp3) is 0.200. The van der Waals surface area contributed by atoms with Crippen molar-refractivity contribution in [3.05, 3.63) is 58.8 Å². The molecule has 0 aliphatic rings. The van der Waals surface area contributed by atoms with Crippen LogP contribution in [0.4, 0.5) is 11.6 Å². The lowest BCUT2D eigenvalue weighted by molar-refractivity contribution is 0.701. The fourth-order valence-electron chi connectivity index (χ4n) is 2.06. The molecule has 20 heavy (non-hydrogen) atoms. The maximum atomic E-state index is 4.54. The molecule has 0 atom stereocenters. The van der Waals surface area contributed by atoms with Crippen molar-refractivity contribution < 1.29 is 0 Å². The Morgan fingerprint density at radius 1 is 1.25 bits per heavy atom. The van der Waals surface area contributed by atoms with Crippen LogP contribution in [0, 0.1) is 6.92 Å². The Kier molecular flexibility index (Phi) is 3.78. The maximum absolute atomic E-state index is 4.54. The van der Waals surface area contributed by atoms with Gasteiger partial charge in [0.05, 0.1) is 10.7 Å². The van der Waals surface area contributed by atoms with Crippen LogP contribution in [-0.2, 0) is 13.0 Å². The summed E-state index contributed by atoms with van der Waals surface area (Å²) >= 11 is 1.69. The third-order valence-electron chi connectivity index (χ3n) is 2.98. The summed E-state index contributed by atoms with van der Waals surface area (Å²) in [6.45, 7) is 2.89. The summed E-state index contributed by atoms with van der Waals surface area (Å²) in [5.74, 6) is 0.880. The zero-order valence-corrected chi connectivity index (χ0v) is 12.1. The van der Waals surface area contributed by atoms with Crippen molar-refractivity contribution >= 4 is 23.0 Å². The molecule has 1 aromatic carbocycles. The number of imidazole rings is 1. The number of hydrogen-bond donors (Lipinski definition) is 1. The number of hydrogen-bond acceptors (Lipinski definition) is 4. The zero-order chi connectivity index (χ0) is 13.8. The number of anilines is 2. The van der Waals surface area contributed by atoms with Gasteiger partial charge in [-0.25, -0.2) is 9.97 Å². The monoisotopic (exact) mass is 284 g/mol. The average Bonchev–Trinajstić information content (AvgIpc) is 3.07. The normalized spacial score (nSPS) is 10.7. The highest BCUT2D eigenvalue weighted by Crippen LogP contribution is 2.17. The first-order chi connectivity index (χ1) is 9.81.